The molecule has 0 aliphatic heterocycles. The van der Waals surface area contributed by atoms with E-state index in [1.165, 1.54) is 6.21 Å². The van der Waals surface area contributed by atoms with Crippen molar-refractivity contribution in [2.45, 2.75) is 27.1 Å². The third-order valence-corrected chi connectivity index (χ3v) is 7.38. The van der Waals surface area contributed by atoms with Gasteiger partial charge in [0, 0.05) is 17.1 Å². The fourth-order valence-electron chi connectivity index (χ4n) is 4.22. The van der Waals surface area contributed by atoms with Crippen molar-refractivity contribution < 1.29 is 18.7 Å². The minimum Gasteiger partial charge on any atom is -0.487 e. The Kier molecular flexibility index (Phi) is 9.22. The van der Waals surface area contributed by atoms with Crippen molar-refractivity contribution in [2.75, 3.05) is 0 Å². The quantitative estimate of drug-likeness (QED) is 0.125. The van der Waals surface area contributed by atoms with Gasteiger partial charge in [0.2, 0.25) is 0 Å². The number of benzene rings is 3. The number of nitrogens with one attached hydrogen (secondary N) is 1. The summed E-state index contributed by atoms with van der Waals surface area (Å²) in [5, 5.41) is 5.33. The molecule has 0 bridgehead atoms. The second kappa shape index (κ2) is 13.2. The van der Waals surface area contributed by atoms with Gasteiger partial charge in [0.15, 0.2) is 5.76 Å². The van der Waals surface area contributed by atoms with Crippen molar-refractivity contribution in [1.82, 2.24) is 9.99 Å². The number of aromatic nitrogens is 1. The lowest BCUT2D eigenvalue weighted by Crippen LogP contribution is -2.16. The molecule has 2 heterocycles. The highest BCUT2D eigenvalue weighted by atomic mass is 35.5. The third-order valence-electron chi connectivity index (χ3n) is 6.35. The van der Waals surface area contributed by atoms with Crippen LogP contribution in [0.4, 0.5) is 0 Å². The van der Waals surface area contributed by atoms with E-state index in [4.69, 9.17) is 48.7 Å². The first-order valence-corrected chi connectivity index (χ1v) is 14.1. The fraction of sp³-hybridized carbons (Fsp3) is 0.125. The fourth-order valence-corrected chi connectivity index (χ4v) is 4.79. The first-order valence-electron chi connectivity index (χ1n) is 12.9. The highest BCUT2D eigenvalue weighted by Gasteiger charge is 2.12. The molecule has 1 N–H and O–H groups in total. The Hall–Kier alpha value is -4.17. The Morgan fingerprint density at radius 1 is 0.833 bits per heavy atom. The predicted molar refractivity (Wildman–Crippen MR) is 166 cm³/mol. The van der Waals surface area contributed by atoms with Crippen LogP contribution < -0.4 is 14.9 Å². The molecule has 214 valence electrons. The molecule has 5 aromatic rings. The van der Waals surface area contributed by atoms with Gasteiger partial charge in [-0.1, -0.05) is 40.9 Å². The van der Waals surface area contributed by atoms with E-state index in [0.29, 0.717) is 37.9 Å². The summed E-state index contributed by atoms with van der Waals surface area (Å²) in [5.74, 6) is 1.32. The summed E-state index contributed by atoms with van der Waals surface area (Å²) in [6.45, 7) is 4.59. The van der Waals surface area contributed by atoms with Crippen molar-refractivity contribution in [3.8, 4) is 17.2 Å². The van der Waals surface area contributed by atoms with Crippen LogP contribution in [0.5, 0.6) is 11.5 Å². The normalized spacial score (nSPS) is 11.2. The molecule has 0 saturated heterocycles. The topological polar surface area (TPSA) is 78.0 Å². The molecule has 0 spiro atoms. The minimum atomic E-state index is -0.494. The molecular weight excluding hydrogens is 597 g/mol. The Morgan fingerprint density at radius 2 is 1.60 bits per heavy atom. The van der Waals surface area contributed by atoms with Crippen LogP contribution in [-0.4, -0.2) is 16.7 Å². The van der Waals surface area contributed by atoms with Gasteiger partial charge in [-0.2, -0.15) is 5.10 Å². The number of hydrogen-bond donors (Lipinski definition) is 1. The van der Waals surface area contributed by atoms with E-state index in [9.17, 15) is 4.79 Å². The van der Waals surface area contributed by atoms with Crippen LogP contribution in [0.15, 0.2) is 94.4 Å². The number of hydrogen-bond acceptors (Lipinski definition) is 5. The average Bonchev–Trinajstić information content (AvgIpc) is 3.59. The van der Waals surface area contributed by atoms with Gasteiger partial charge in [-0.15, -0.1) is 0 Å². The van der Waals surface area contributed by atoms with Crippen LogP contribution in [0, 0.1) is 13.8 Å². The number of ether oxygens (including phenoxy) is 2. The predicted octanol–water partition coefficient (Wildman–Crippen LogP) is 8.57. The number of furan rings is 1. The summed E-state index contributed by atoms with van der Waals surface area (Å²) < 4.78 is 19.4. The summed E-state index contributed by atoms with van der Waals surface area (Å²) in [6, 6.07) is 25.7. The van der Waals surface area contributed by atoms with E-state index in [-0.39, 0.29) is 19.0 Å². The molecule has 0 unspecified atom stereocenters. The number of rotatable bonds is 10. The van der Waals surface area contributed by atoms with Gasteiger partial charge >= 0.3 is 5.91 Å². The summed E-state index contributed by atoms with van der Waals surface area (Å²) in [7, 11) is 0. The van der Waals surface area contributed by atoms with Crippen LogP contribution in [0.25, 0.3) is 5.69 Å². The maximum Gasteiger partial charge on any atom is 0.307 e. The van der Waals surface area contributed by atoms with Gasteiger partial charge in [-0.3, -0.25) is 4.79 Å². The van der Waals surface area contributed by atoms with E-state index in [1.54, 1.807) is 42.5 Å². The maximum atomic E-state index is 12.5. The van der Waals surface area contributed by atoms with Crippen LogP contribution in [0.2, 0.25) is 15.1 Å². The molecule has 2 aromatic heterocycles. The zero-order valence-electron chi connectivity index (χ0n) is 22.7. The number of carbonyl (C=O) groups is 1. The van der Waals surface area contributed by atoms with Gasteiger partial charge in [0.05, 0.1) is 21.3 Å². The second-order valence-electron chi connectivity index (χ2n) is 9.43. The molecule has 5 rings (SSSR count). The molecule has 0 atom stereocenters. The molecule has 0 aliphatic rings. The first-order chi connectivity index (χ1) is 20.3. The lowest BCUT2D eigenvalue weighted by Gasteiger charge is -2.10. The molecule has 42 heavy (non-hydrogen) atoms. The average molecular weight is 623 g/mol. The van der Waals surface area contributed by atoms with Gasteiger partial charge in [-0.25, -0.2) is 5.43 Å². The standard InChI is InChI=1S/C32H26Cl3N3O4/c1-20-3-4-21(2)38(20)24-7-9-25(10-8-24)40-19-26-11-14-31(42-26)32(39)37-36-17-22-6-13-30(29(35)15-22)41-18-23-5-12-27(33)28(34)16-23/h3-17H,18-19H2,1-2H3,(H,37,39)/b36-17+. The largest absolute Gasteiger partial charge is 0.487 e. The van der Waals surface area contributed by atoms with Crippen LogP contribution in [0.1, 0.15) is 38.8 Å². The molecule has 10 heteroatoms. The van der Waals surface area contributed by atoms with Crippen LogP contribution >= 0.6 is 34.8 Å². The zero-order chi connectivity index (χ0) is 29.6. The van der Waals surface area contributed by atoms with E-state index < -0.39 is 5.91 Å². The number of hydrazone groups is 1. The maximum absolute atomic E-state index is 12.5. The molecule has 0 aliphatic carbocycles. The van der Waals surface area contributed by atoms with Gasteiger partial charge in [-0.05, 0) is 104 Å². The summed E-state index contributed by atoms with van der Waals surface area (Å²) in [4.78, 5) is 12.5. The smallest absolute Gasteiger partial charge is 0.307 e. The van der Waals surface area contributed by atoms with E-state index in [1.807, 2.05) is 30.3 Å². The number of amides is 1. The van der Waals surface area contributed by atoms with Crippen molar-refractivity contribution in [1.29, 1.82) is 0 Å². The molecule has 7 nitrogen and oxygen atoms in total. The van der Waals surface area contributed by atoms with Gasteiger partial charge in [0.25, 0.3) is 0 Å². The van der Waals surface area contributed by atoms with E-state index in [2.05, 4.69) is 41.1 Å². The molecule has 0 radical (unpaired) electrons. The SMILES string of the molecule is Cc1ccc(C)n1-c1ccc(OCc2ccc(C(=O)N/N=C/c3ccc(OCc4ccc(Cl)c(Cl)c4)c(Cl)c3)o2)cc1. The van der Waals surface area contributed by atoms with Crippen molar-refractivity contribution in [3.63, 3.8) is 0 Å². The molecule has 0 saturated carbocycles. The first kappa shape index (κ1) is 29.3. The molecule has 3 aromatic carbocycles. The van der Waals surface area contributed by atoms with Crippen LogP contribution in [-0.2, 0) is 13.2 Å². The monoisotopic (exact) mass is 621 g/mol. The number of aryl methyl sites for hydroxylation is 2. The molecule has 1 amide bonds. The van der Waals surface area contributed by atoms with Crippen molar-refractivity contribution in [3.05, 3.63) is 134 Å². The van der Waals surface area contributed by atoms with Gasteiger partial charge < -0.3 is 18.5 Å². The summed E-state index contributed by atoms with van der Waals surface area (Å²) in [6.07, 6.45) is 1.47. The Bertz CT molecular complexity index is 1720. The molecular formula is C32H26Cl3N3O4. The lowest BCUT2D eigenvalue weighted by atomic mass is 10.2. The Labute approximate surface area is 258 Å². The Morgan fingerprint density at radius 3 is 2.31 bits per heavy atom. The third kappa shape index (κ3) is 7.18. The minimum absolute atomic E-state index is 0.115. The number of nitrogens with zero attached hydrogens (tertiary/aromatic N) is 2. The second-order valence-corrected chi connectivity index (χ2v) is 10.6. The van der Waals surface area contributed by atoms with Crippen molar-refractivity contribution >= 4 is 46.9 Å². The lowest BCUT2D eigenvalue weighted by molar-refractivity contribution is 0.0923. The van der Waals surface area contributed by atoms with E-state index in [0.717, 1.165) is 22.6 Å². The zero-order valence-corrected chi connectivity index (χ0v) is 25.0. The summed E-state index contributed by atoms with van der Waals surface area (Å²) in [5.41, 5.74) is 7.36. The number of halogens is 3. The Balaban J connectivity index is 1.10. The van der Waals surface area contributed by atoms with Gasteiger partial charge in [0.1, 0.15) is 30.5 Å². The van der Waals surface area contributed by atoms with Crippen molar-refractivity contribution in [2.24, 2.45) is 5.10 Å². The number of carbonyl (C=O) groups excluding carboxylic acids is 1. The van der Waals surface area contributed by atoms with E-state index >= 15 is 0 Å². The molecule has 0 fully saturated rings. The highest BCUT2D eigenvalue weighted by Crippen LogP contribution is 2.28. The summed E-state index contributed by atoms with van der Waals surface area (Å²) >= 11 is 18.4. The highest BCUT2D eigenvalue weighted by molar-refractivity contribution is 6.42. The van der Waals surface area contributed by atoms with Crippen LogP contribution in [0.3, 0.4) is 0 Å².